The quantitative estimate of drug-likeness (QED) is 0.0526. The minimum Gasteiger partial charge on any atom is -0.0981 e. The van der Waals surface area contributed by atoms with Crippen molar-refractivity contribution in [3.8, 4) is 0 Å². The topological polar surface area (TPSA) is 0 Å². The van der Waals surface area contributed by atoms with E-state index in [9.17, 15) is 0 Å². The zero-order valence-electron chi connectivity index (χ0n) is 30.3. The van der Waals surface area contributed by atoms with E-state index in [4.69, 9.17) is 0 Å². The zero-order chi connectivity index (χ0) is 31.7. The summed E-state index contributed by atoms with van der Waals surface area (Å²) in [5.74, 6) is 0. The van der Waals surface area contributed by atoms with Gasteiger partial charge in [0.1, 0.15) is 13.1 Å². The van der Waals surface area contributed by atoms with E-state index in [0.29, 0.717) is 13.1 Å². The van der Waals surface area contributed by atoms with Crippen LogP contribution in [0.3, 0.4) is 0 Å². The summed E-state index contributed by atoms with van der Waals surface area (Å²) >= 11 is 0. The second kappa shape index (κ2) is 32.1. The molecule has 0 saturated heterocycles. The number of halogens is 1. The Morgan fingerprint density at radius 2 is 0.568 bits per heavy atom. The lowest BCUT2D eigenvalue weighted by Gasteiger charge is -2.26. The third-order valence-electron chi connectivity index (χ3n) is 9.95. The summed E-state index contributed by atoms with van der Waals surface area (Å²) in [7, 11) is 0. The molecule has 0 bridgehead atoms. The molecular weight excluding hydrogens is 537 g/mol. The van der Waals surface area contributed by atoms with Crippen LogP contribution >= 0.6 is 0 Å². The average Bonchev–Trinajstić information content (AvgIpc) is 3.04. The van der Waals surface area contributed by atoms with Crippen LogP contribution in [0.2, 0.25) is 0 Å². The first kappa shape index (κ1) is 41.1. The smallest absolute Gasteiger partial charge is 0.0981 e. The van der Waals surface area contributed by atoms with Crippen LogP contribution in [-0.2, 0) is 0 Å². The molecule has 44 heavy (non-hydrogen) atoms. The first-order valence-corrected chi connectivity index (χ1v) is 20.3. The molecule has 0 atom stereocenters. The van der Waals surface area contributed by atoms with Crippen molar-refractivity contribution in [3.05, 3.63) is 30.3 Å². The molecule has 0 aromatic heterocycles. The molecule has 1 aromatic rings. The standard InChI is InChI=1S/C42H79FN/c1-3-5-7-9-11-13-15-17-19-21-23-25-27-29-31-36-40-44(43,42-38-34-33-35-39-42)41-37-32-30-28-26-24-22-20-18-16-14-12-10-8-6-4-2/h33-35,38-39H,3-32,36-37,40-41H2,1-2H3/q+1. The highest BCUT2D eigenvalue weighted by Crippen LogP contribution is 2.27. The fourth-order valence-corrected chi connectivity index (χ4v) is 6.89. The summed E-state index contributed by atoms with van der Waals surface area (Å²) in [5.41, 5.74) is 0.856. The molecule has 0 aliphatic rings. The van der Waals surface area contributed by atoms with E-state index in [0.717, 1.165) is 18.5 Å². The predicted molar refractivity (Wildman–Crippen MR) is 198 cm³/mol. The normalized spacial score (nSPS) is 11.9. The third kappa shape index (κ3) is 25.3. The van der Waals surface area contributed by atoms with Gasteiger partial charge < -0.3 is 0 Å². The van der Waals surface area contributed by atoms with Crippen molar-refractivity contribution in [2.45, 2.75) is 219 Å². The maximum absolute atomic E-state index is 16.2. The van der Waals surface area contributed by atoms with E-state index in [-0.39, 0.29) is 4.71 Å². The maximum atomic E-state index is 16.2. The van der Waals surface area contributed by atoms with Gasteiger partial charge in [0.25, 0.3) is 0 Å². The Labute approximate surface area is 277 Å². The van der Waals surface area contributed by atoms with Crippen LogP contribution in [0, 0.1) is 0 Å². The van der Waals surface area contributed by atoms with Crippen molar-refractivity contribution in [1.29, 1.82) is 0 Å². The van der Waals surface area contributed by atoms with Gasteiger partial charge in [-0.15, -0.1) is 0 Å². The molecule has 0 amide bonds. The minimum atomic E-state index is -0.363. The van der Waals surface area contributed by atoms with Gasteiger partial charge in [0.05, 0.1) is 0 Å². The summed E-state index contributed by atoms with van der Waals surface area (Å²) in [5, 5.41) is 0. The number of hydrogen-bond acceptors (Lipinski definition) is 0. The Hall–Kier alpha value is -0.890. The second-order valence-corrected chi connectivity index (χ2v) is 14.3. The SMILES string of the molecule is CCCCCCCCCCCCCCCCCC[N+](F)(CCCCCCCCCCCCCCCCCC)c1ccccc1. The van der Waals surface area contributed by atoms with Crippen LogP contribution in [0.5, 0.6) is 0 Å². The van der Waals surface area contributed by atoms with Crippen molar-refractivity contribution in [2.24, 2.45) is 0 Å². The summed E-state index contributed by atoms with van der Waals surface area (Å²) in [6, 6.07) is 10.0. The Balaban J connectivity index is 2.03. The van der Waals surface area contributed by atoms with Gasteiger partial charge in [0, 0.05) is 29.5 Å². The van der Waals surface area contributed by atoms with Crippen molar-refractivity contribution in [2.75, 3.05) is 13.1 Å². The zero-order valence-corrected chi connectivity index (χ0v) is 30.3. The van der Waals surface area contributed by atoms with Gasteiger partial charge in [-0.05, 0) is 12.8 Å². The number of nitrogens with zero attached hydrogens (tertiary/aromatic N) is 1. The maximum Gasteiger partial charge on any atom is 0.170 e. The highest BCUT2D eigenvalue weighted by Gasteiger charge is 2.30. The Morgan fingerprint density at radius 1 is 0.341 bits per heavy atom. The first-order valence-electron chi connectivity index (χ1n) is 20.3. The van der Waals surface area contributed by atoms with E-state index in [1.165, 1.54) is 193 Å². The fraction of sp³-hybridized carbons (Fsp3) is 0.857. The van der Waals surface area contributed by atoms with Crippen molar-refractivity contribution in [1.82, 2.24) is 4.71 Å². The molecule has 0 fully saturated rings. The van der Waals surface area contributed by atoms with E-state index in [1.54, 1.807) is 0 Å². The largest absolute Gasteiger partial charge is 0.170 e. The molecule has 1 rings (SSSR count). The van der Waals surface area contributed by atoms with Crippen molar-refractivity contribution < 1.29 is 4.48 Å². The van der Waals surface area contributed by atoms with Crippen LogP contribution in [0.25, 0.3) is 0 Å². The summed E-state index contributed by atoms with van der Waals surface area (Å²) in [6.45, 7) is 5.87. The Bertz CT molecular complexity index is 638. The monoisotopic (exact) mass is 617 g/mol. The molecule has 0 heterocycles. The lowest BCUT2D eigenvalue weighted by Crippen LogP contribution is -2.42. The predicted octanol–water partition coefficient (Wildman–Crippen LogP) is 15.4. The summed E-state index contributed by atoms with van der Waals surface area (Å²) < 4.78 is 15.9. The van der Waals surface area contributed by atoms with Crippen LogP contribution in [0.15, 0.2) is 30.3 Å². The second-order valence-electron chi connectivity index (χ2n) is 14.3. The van der Waals surface area contributed by atoms with Gasteiger partial charge in [-0.25, -0.2) is 0 Å². The number of quaternary nitrogens is 1. The molecule has 0 spiro atoms. The number of unbranched alkanes of at least 4 members (excludes halogenated alkanes) is 30. The molecule has 0 N–H and O–H groups in total. The highest BCUT2D eigenvalue weighted by atomic mass is 19.2. The molecule has 0 radical (unpaired) electrons. The molecule has 0 aliphatic carbocycles. The Morgan fingerprint density at radius 3 is 0.818 bits per heavy atom. The molecule has 0 unspecified atom stereocenters. The average molecular weight is 617 g/mol. The van der Waals surface area contributed by atoms with E-state index in [2.05, 4.69) is 13.8 Å². The fourth-order valence-electron chi connectivity index (χ4n) is 6.89. The van der Waals surface area contributed by atoms with Crippen molar-refractivity contribution in [3.63, 3.8) is 0 Å². The minimum absolute atomic E-state index is 0.363. The van der Waals surface area contributed by atoms with E-state index in [1.807, 2.05) is 30.3 Å². The Kier molecular flexibility index (Phi) is 30.0. The van der Waals surface area contributed by atoms with Gasteiger partial charge in [-0.3, -0.25) is 0 Å². The first-order chi connectivity index (χ1) is 21.7. The number of benzene rings is 1. The number of rotatable bonds is 35. The number of hydrogen-bond donors (Lipinski definition) is 0. The van der Waals surface area contributed by atoms with Gasteiger partial charge >= 0.3 is 0 Å². The van der Waals surface area contributed by atoms with Crippen molar-refractivity contribution >= 4 is 5.69 Å². The molecule has 0 saturated carbocycles. The molecule has 258 valence electrons. The van der Waals surface area contributed by atoms with Crippen LogP contribution in [0.4, 0.5) is 10.2 Å². The van der Waals surface area contributed by atoms with Gasteiger partial charge in [-0.1, -0.05) is 217 Å². The summed E-state index contributed by atoms with van der Waals surface area (Å²) in [6.07, 6.45) is 43.6. The number of para-hydroxylation sites is 1. The third-order valence-corrected chi connectivity index (χ3v) is 9.95. The van der Waals surface area contributed by atoms with Crippen LogP contribution < -0.4 is 4.71 Å². The molecule has 1 nitrogen and oxygen atoms in total. The van der Waals surface area contributed by atoms with E-state index >= 15 is 4.48 Å². The lowest BCUT2D eigenvalue weighted by molar-refractivity contribution is 0.0294. The highest BCUT2D eigenvalue weighted by molar-refractivity contribution is 5.40. The molecule has 0 aliphatic heterocycles. The summed E-state index contributed by atoms with van der Waals surface area (Å²) in [4.78, 5) is 0. The van der Waals surface area contributed by atoms with Crippen LogP contribution in [0.1, 0.15) is 219 Å². The molecular formula is C42H79FN+. The lowest BCUT2D eigenvalue weighted by atomic mass is 10.0. The van der Waals surface area contributed by atoms with Gasteiger partial charge in [-0.2, -0.15) is 0 Å². The van der Waals surface area contributed by atoms with Gasteiger partial charge in [0.2, 0.25) is 0 Å². The van der Waals surface area contributed by atoms with Gasteiger partial charge in [0.15, 0.2) is 5.69 Å². The molecule has 2 heteroatoms. The molecule has 1 aromatic carbocycles. The van der Waals surface area contributed by atoms with Crippen LogP contribution in [-0.4, -0.2) is 13.1 Å². The van der Waals surface area contributed by atoms with E-state index < -0.39 is 0 Å².